The van der Waals surface area contributed by atoms with Crippen LogP contribution in [0.25, 0.3) is 0 Å². The first-order valence-electron chi connectivity index (χ1n) is 7.66. The van der Waals surface area contributed by atoms with Crippen LogP contribution in [0, 0.1) is 13.8 Å². The van der Waals surface area contributed by atoms with Gasteiger partial charge < -0.3 is 16.0 Å². The lowest BCUT2D eigenvalue weighted by Gasteiger charge is -2.09. The zero-order valence-electron chi connectivity index (χ0n) is 14.0. The van der Waals surface area contributed by atoms with E-state index in [1.807, 2.05) is 26.0 Å². The molecule has 0 bridgehead atoms. The van der Waals surface area contributed by atoms with E-state index in [0.717, 1.165) is 17.1 Å². The van der Waals surface area contributed by atoms with Gasteiger partial charge in [0.15, 0.2) is 0 Å². The van der Waals surface area contributed by atoms with Gasteiger partial charge in [-0.1, -0.05) is 6.07 Å². The highest BCUT2D eigenvalue weighted by Crippen LogP contribution is 2.15. The lowest BCUT2D eigenvalue weighted by molar-refractivity contribution is -0.118. The average molecular weight is 327 g/mol. The molecule has 2 aromatic rings. The van der Waals surface area contributed by atoms with Gasteiger partial charge in [0.1, 0.15) is 0 Å². The number of hydrogen-bond acceptors (Lipinski definition) is 5. The Balaban J connectivity index is 2.00. The summed E-state index contributed by atoms with van der Waals surface area (Å²) in [7, 11) is 0. The summed E-state index contributed by atoms with van der Waals surface area (Å²) in [5.41, 5.74) is 3.00. The van der Waals surface area contributed by atoms with Crippen LogP contribution in [0.1, 0.15) is 28.7 Å². The van der Waals surface area contributed by atoms with Crippen LogP contribution in [0.2, 0.25) is 0 Å². The van der Waals surface area contributed by atoms with Crippen LogP contribution < -0.4 is 16.0 Å². The molecule has 0 aliphatic heterocycles. The van der Waals surface area contributed by atoms with Crippen LogP contribution in [0.4, 0.5) is 11.6 Å². The van der Waals surface area contributed by atoms with E-state index in [4.69, 9.17) is 0 Å². The van der Waals surface area contributed by atoms with Crippen molar-refractivity contribution < 1.29 is 9.59 Å². The van der Waals surface area contributed by atoms with E-state index in [9.17, 15) is 9.59 Å². The molecule has 7 heteroatoms. The van der Waals surface area contributed by atoms with Gasteiger partial charge in [0.25, 0.3) is 5.91 Å². The van der Waals surface area contributed by atoms with Crippen LogP contribution in [0.15, 0.2) is 30.3 Å². The number of amides is 2. The Morgan fingerprint density at radius 2 is 1.67 bits per heavy atom. The van der Waals surface area contributed by atoms with Crippen molar-refractivity contribution in [2.75, 3.05) is 18.4 Å². The first-order valence-corrected chi connectivity index (χ1v) is 7.66. The number of nitrogens with one attached hydrogen (secondary N) is 3. The van der Waals surface area contributed by atoms with Gasteiger partial charge in [-0.25, -0.2) is 9.97 Å². The Morgan fingerprint density at radius 3 is 2.33 bits per heavy atom. The third kappa shape index (κ3) is 5.35. The molecule has 1 heterocycles. The van der Waals surface area contributed by atoms with Gasteiger partial charge in [-0.3, -0.25) is 9.59 Å². The number of rotatable bonds is 6. The molecule has 0 aliphatic carbocycles. The van der Waals surface area contributed by atoms with Crippen molar-refractivity contribution in [3.05, 3.63) is 47.3 Å². The van der Waals surface area contributed by atoms with Gasteiger partial charge in [0, 0.05) is 42.7 Å². The molecule has 24 heavy (non-hydrogen) atoms. The van der Waals surface area contributed by atoms with E-state index in [1.54, 1.807) is 18.2 Å². The molecule has 0 radical (unpaired) electrons. The van der Waals surface area contributed by atoms with E-state index in [2.05, 4.69) is 25.9 Å². The molecule has 7 nitrogen and oxygen atoms in total. The fourth-order valence-corrected chi connectivity index (χ4v) is 2.17. The minimum absolute atomic E-state index is 0.121. The minimum Gasteiger partial charge on any atom is -0.355 e. The lowest BCUT2D eigenvalue weighted by atomic mass is 10.2. The van der Waals surface area contributed by atoms with Crippen molar-refractivity contribution in [1.82, 2.24) is 20.6 Å². The molecule has 3 N–H and O–H groups in total. The normalized spacial score (nSPS) is 10.1. The van der Waals surface area contributed by atoms with Gasteiger partial charge in [-0.05, 0) is 38.1 Å². The Morgan fingerprint density at radius 1 is 1.00 bits per heavy atom. The van der Waals surface area contributed by atoms with Gasteiger partial charge in [-0.2, -0.15) is 0 Å². The van der Waals surface area contributed by atoms with Crippen LogP contribution in [-0.4, -0.2) is 34.9 Å². The molecular weight excluding hydrogens is 306 g/mol. The molecule has 0 fully saturated rings. The van der Waals surface area contributed by atoms with Gasteiger partial charge >= 0.3 is 0 Å². The lowest BCUT2D eigenvalue weighted by Crippen LogP contribution is -2.33. The molecule has 126 valence electrons. The number of nitrogens with zero attached hydrogens (tertiary/aromatic N) is 2. The predicted molar refractivity (Wildman–Crippen MR) is 92.2 cm³/mol. The van der Waals surface area contributed by atoms with Crippen molar-refractivity contribution in [2.45, 2.75) is 20.8 Å². The molecule has 0 unspecified atom stereocenters. The van der Waals surface area contributed by atoms with Gasteiger partial charge in [0.2, 0.25) is 11.9 Å². The Kier molecular flexibility index (Phi) is 5.83. The zero-order chi connectivity index (χ0) is 17.5. The Labute approximate surface area is 140 Å². The molecule has 2 rings (SSSR count). The predicted octanol–water partition coefficient (Wildman–Crippen LogP) is 1.70. The summed E-state index contributed by atoms with van der Waals surface area (Å²) in [6.45, 7) is 6.01. The number of carbonyl (C=O) groups excluding carboxylic acids is 2. The first-order chi connectivity index (χ1) is 11.4. The van der Waals surface area contributed by atoms with Gasteiger partial charge in [0.05, 0.1) is 0 Å². The number of benzene rings is 1. The highest BCUT2D eigenvalue weighted by atomic mass is 16.2. The molecule has 0 saturated heterocycles. The maximum absolute atomic E-state index is 12.1. The third-order valence-electron chi connectivity index (χ3n) is 3.15. The van der Waals surface area contributed by atoms with Crippen LogP contribution >= 0.6 is 0 Å². The van der Waals surface area contributed by atoms with Crippen molar-refractivity contribution in [1.29, 1.82) is 0 Å². The van der Waals surface area contributed by atoms with Gasteiger partial charge in [-0.15, -0.1) is 0 Å². The third-order valence-corrected chi connectivity index (χ3v) is 3.15. The smallest absolute Gasteiger partial charge is 0.251 e. The van der Waals surface area contributed by atoms with Crippen LogP contribution in [0.3, 0.4) is 0 Å². The van der Waals surface area contributed by atoms with Crippen molar-refractivity contribution in [3.8, 4) is 0 Å². The second kappa shape index (κ2) is 8.05. The average Bonchev–Trinajstić information content (AvgIpc) is 2.50. The summed E-state index contributed by atoms with van der Waals surface area (Å²) in [6, 6.07) is 8.98. The largest absolute Gasteiger partial charge is 0.355 e. The van der Waals surface area contributed by atoms with E-state index in [1.165, 1.54) is 6.92 Å². The fraction of sp³-hybridized carbons (Fsp3) is 0.294. The molecule has 0 saturated carbocycles. The summed E-state index contributed by atoms with van der Waals surface area (Å²) in [5, 5.41) is 8.48. The second-order valence-corrected chi connectivity index (χ2v) is 5.42. The number of aromatic nitrogens is 2. The first kappa shape index (κ1) is 17.4. The minimum atomic E-state index is -0.203. The molecule has 0 aliphatic rings. The van der Waals surface area contributed by atoms with Crippen molar-refractivity contribution in [3.63, 3.8) is 0 Å². The maximum atomic E-state index is 12.1. The van der Waals surface area contributed by atoms with E-state index >= 15 is 0 Å². The number of carbonyl (C=O) groups is 2. The highest BCUT2D eigenvalue weighted by molar-refractivity contribution is 5.95. The molecule has 0 spiro atoms. The second-order valence-electron chi connectivity index (χ2n) is 5.42. The SMILES string of the molecule is CC(=O)NCCNC(=O)c1cccc(Nc2nc(C)cc(C)n2)c1. The quantitative estimate of drug-likeness (QED) is 0.702. The maximum Gasteiger partial charge on any atom is 0.251 e. The molecular formula is C17H21N5O2. The standard InChI is InChI=1S/C17H21N5O2/c1-11-9-12(2)21-17(20-11)22-15-6-4-5-14(10-15)16(24)19-8-7-18-13(3)23/h4-6,9-10H,7-8H2,1-3H3,(H,18,23)(H,19,24)(H,20,21,22). The molecule has 0 atom stereocenters. The highest BCUT2D eigenvalue weighted by Gasteiger charge is 2.07. The number of aryl methyl sites for hydroxylation is 2. The summed E-state index contributed by atoms with van der Waals surface area (Å²) >= 11 is 0. The Bertz CT molecular complexity index is 725. The van der Waals surface area contributed by atoms with Crippen molar-refractivity contribution >= 4 is 23.5 Å². The summed E-state index contributed by atoms with van der Waals surface area (Å²) in [4.78, 5) is 31.5. The van der Waals surface area contributed by atoms with E-state index in [-0.39, 0.29) is 11.8 Å². The van der Waals surface area contributed by atoms with Crippen LogP contribution in [0.5, 0.6) is 0 Å². The summed E-state index contributed by atoms with van der Waals surface area (Å²) in [5.74, 6) is 0.171. The van der Waals surface area contributed by atoms with E-state index in [0.29, 0.717) is 24.6 Å². The summed E-state index contributed by atoms with van der Waals surface area (Å²) in [6.07, 6.45) is 0. The fourth-order valence-electron chi connectivity index (χ4n) is 2.17. The monoisotopic (exact) mass is 327 g/mol. The van der Waals surface area contributed by atoms with E-state index < -0.39 is 0 Å². The topological polar surface area (TPSA) is 96.0 Å². The van der Waals surface area contributed by atoms with Crippen molar-refractivity contribution in [2.24, 2.45) is 0 Å². The number of hydrogen-bond donors (Lipinski definition) is 3. The molecule has 2 amide bonds. The number of anilines is 2. The van der Waals surface area contributed by atoms with Crippen LogP contribution in [-0.2, 0) is 4.79 Å². The Hall–Kier alpha value is -2.96. The molecule has 1 aromatic carbocycles. The zero-order valence-corrected chi connectivity index (χ0v) is 14.0. The molecule has 1 aromatic heterocycles. The summed E-state index contributed by atoms with van der Waals surface area (Å²) < 4.78 is 0.